The summed E-state index contributed by atoms with van der Waals surface area (Å²) < 4.78 is 4.80. The van der Waals surface area contributed by atoms with Crippen LogP contribution in [0.5, 0.6) is 0 Å². The van der Waals surface area contributed by atoms with Crippen LogP contribution in [-0.4, -0.2) is 24.6 Å². The zero-order valence-electron chi connectivity index (χ0n) is 15.6. The molecule has 0 atom stereocenters. The van der Waals surface area contributed by atoms with Crippen molar-refractivity contribution in [3.63, 3.8) is 0 Å². The van der Waals surface area contributed by atoms with Gasteiger partial charge < -0.3 is 4.74 Å². The van der Waals surface area contributed by atoms with Crippen molar-refractivity contribution in [3.05, 3.63) is 94.0 Å². The number of rotatable bonds is 4. The molecule has 0 amide bonds. The Morgan fingerprint density at radius 2 is 1.46 bits per heavy atom. The van der Waals surface area contributed by atoms with E-state index in [-0.39, 0.29) is 18.0 Å². The van der Waals surface area contributed by atoms with Gasteiger partial charge in [-0.3, -0.25) is 9.59 Å². The molecule has 0 unspecified atom stereocenters. The van der Waals surface area contributed by atoms with Gasteiger partial charge in [-0.25, -0.2) is 4.79 Å². The third-order valence-corrected chi connectivity index (χ3v) is 5.26. The fourth-order valence-corrected chi connectivity index (χ4v) is 3.78. The van der Waals surface area contributed by atoms with Gasteiger partial charge >= 0.3 is 5.97 Å². The van der Waals surface area contributed by atoms with E-state index in [0.717, 1.165) is 16.7 Å². The van der Waals surface area contributed by atoms with Crippen molar-refractivity contribution in [2.24, 2.45) is 0 Å². The van der Waals surface area contributed by atoms with Gasteiger partial charge in [0.05, 0.1) is 12.7 Å². The van der Waals surface area contributed by atoms with Crippen molar-refractivity contribution in [1.29, 1.82) is 0 Å². The van der Waals surface area contributed by atoms with Gasteiger partial charge in [-0.1, -0.05) is 54.6 Å². The van der Waals surface area contributed by atoms with Crippen molar-refractivity contribution in [2.75, 3.05) is 7.11 Å². The summed E-state index contributed by atoms with van der Waals surface area (Å²) in [4.78, 5) is 37.9. The predicted octanol–water partition coefficient (Wildman–Crippen LogP) is 4.42. The van der Waals surface area contributed by atoms with Crippen molar-refractivity contribution >= 4 is 17.5 Å². The summed E-state index contributed by atoms with van der Waals surface area (Å²) in [6, 6.07) is 18.0. The first-order chi connectivity index (χ1) is 13.5. The summed E-state index contributed by atoms with van der Waals surface area (Å²) >= 11 is 0. The second-order valence-corrected chi connectivity index (χ2v) is 6.78. The highest BCUT2D eigenvalue weighted by Crippen LogP contribution is 2.38. The second kappa shape index (κ2) is 6.89. The van der Waals surface area contributed by atoms with E-state index in [0.29, 0.717) is 27.8 Å². The van der Waals surface area contributed by atoms with E-state index in [9.17, 15) is 14.4 Å². The SMILES string of the molecule is COC(=O)c1cccc(CC(=O)c2cccc3c2C(=O)c2ccccc2-3)c1C. The molecule has 1 aliphatic rings. The van der Waals surface area contributed by atoms with Gasteiger partial charge in [-0.15, -0.1) is 0 Å². The van der Waals surface area contributed by atoms with Crippen molar-refractivity contribution in [2.45, 2.75) is 13.3 Å². The highest BCUT2D eigenvalue weighted by molar-refractivity contribution is 6.26. The summed E-state index contributed by atoms with van der Waals surface area (Å²) in [5.74, 6) is -0.698. The van der Waals surface area contributed by atoms with Gasteiger partial charge in [-0.2, -0.15) is 0 Å². The summed E-state index contributed by atoms with van der Waals surface area (Å²) in [5.41, 5.74) is 5.07. The Morgan fingerprint density at radius 1 is 0.821 bits per heavy atom. The topological polar surface area (TPSA) is 60.4 Å². The molecule has 3 aromatic carbocycles. The Kier molecular flexibility index (Phi) is 4.40. The van der Waals surface area contributed by atoms with E-state index in [1.807, 2.05) is 30.3 Å². The summed E-state index contributed by atoms with van der Waals surface area (Å²) in [6.07, 6.45) is 0.108. The van der Waals surface area contributed by atoms with Gasteiger partial charge in [-0.05, 0) is 35.2 Å². The monoisotopic (exact) mass is 370 g/mol. The lowest BCUT2D eigenvalue weighted by atomic mass is 9.92. The number of esters is 1. The van der Waals surface area contributed by atoms with Crippen LogP contribution in [0.1, 0.15) is 47.8 Å². The summed E-state index contributed by atoms with van der Waals surface area (Å²) in [7, 11) is 1.33. The van der Waals surface area contributed by atoms with Crippen LogP contribution >= 0.6 is 0 Å². The van der Waals surface area contributed by atoms with E-state index in [1.165, 1.54) is 7.11 Å². The molecule has 0 aliphatic heterocycles. The normalized spacial score (nSPS) is 11.7. The number of benzene rings is 3. The van der Waals surface area contributed by atoms with Gasteiger partial charge in [0.2, 0.25) is 0 Å². The van der Waals surface area contributed by atoms with E-state index < -0.39 is 5.97 Å². The highest BCUT2D eigenvalue weighted by Gasteiger charge is 2.30. The Hall–Kier alpha value is -3.53. The van der Waals surface area contributed by atoms with E-state index in [1.54, 1.807) is 37.3 Å². The van der Waals surface area contributed by atoms with Gasteiger partial charge in [0.25, 0.3) is 0 Å². The number of hydrogen-bond donors (Lipinski definition) is 0. The number of fused-ring (bicyclic) bond motifs is 3. The fraction of sp³-hybridized carbons (Fsp3) is 0.125. The van der Waals surface area contributed by atoms with Crippen LogP contribution in [-0.2, 0) is 11.2 Å². The first-order valence-electron chi connectivity index (χ1n) is 9.00. The highest BCUT2D eigenvalue weighted by atomic mass is 16.5. The van der Waals surface area contributed by atoms with E-state index in [2.05, 4.69) is 0 Å². The molecule has 0 saturated carbocycles. The number of carbonyl (C=O) groups excluding carboxylic acids is 3. The summed E-state index contributed by atoms with van der Waals surface area (Å²) in [5, 5.41) is 0. The lowest BCUT2D eigenvalue weighted by Crippen LogP contribution is -2.12. The molecule has 3 aromatic rings. The molecule has 0 aromatic heterocycles. The van der Waals surface area contributed by atoms with Gasteiger partial charge in [0.15, 0.2) is 11.6 Å². The maximum atomic E-state index is 13.1. The predicted molar refractivity (Wildman–Crippen MR) is 106 cm³/mol. The van der Waals surface area contributed by atoms with Gasteiger partial charge in [0, 0.05) is 23.1 Å². The lowest BCUT2D eigenvalue weighted by Gasteiger charge is -2.11. The van der Waals surface area contributed by atoms with Crippen molar-refractivity contribution in [3.8, 4) is 11.1 Å². The maximum Gasteiger partial charge on any atom is 0.338 e. The smallest absolute Gasteiger partial charge is 0.338 e. The molecule has 0 heterocycles. The van der Waals surface area contributed by atoms with E-state index in [4.69, 9.17) is 4.74 Å². The molecule has 0 saturated heterocycles. The Bertz CT molecular complexity index is 1140. The summed E-state index contributed by atoms with van der Waals surface area (Å²) in [6.45, 7) is 1.80. The Morgan fingerprint density at radius 3 is 2.21 bits per heavy atom. The first kappa shape index (κ1) is 17.9. The molecular formula is C24H18O4. The van der Waals surface area contributed by atoms with Crippen LogP contribution in [0.25, 0.3) is 11.1 Å². The van der Waals surface area contributed by atoms with Crippen LogP contribution in [0.15, 0.2) is 60.7 Å². The molecule has 4 nitrogen and oxygen atoms in total. The van der Waals surface area contributed by atoms with Crippen LogP contribution in [0.4, 0.5) is 0 Å². The fourth-order valence-electron chi connectivity index (χ4n) is 3.78. The zero-order valence-corrected chi connectivity index (χ0v) is 15.6. The minimum atomic E-state index is -0.432. The number of ketones is 2. The van der Waals surface area contributed by atoms with Gasteiger partial charge in [0.1, 0.15) is 0 Å². The first-order valence-corrected chi connectivity index (χ1v) is 9.00. The molecule has 0 spiro atoms. The second-order valence-electron chi connectivity index (χ2n) is 6.78. The molecule has 28 heavy (non-hydrogen) atoms. The quantitative estimate of drug-likeness (QED) is 0.394. The third kappa shape index (κ3) is 2.74. The number of methoxy groups -OCH3 is 1. The number of hydrogen-bond acceptors (Lipinski definition) is 4. The maximum absolute atomic E-state index is 13.1. The minimum Gasteiger partial charge on any atom is -0.465 e. The molecule has 0 bridgehead atoms. The van der Waals surface area contributed by atoms with E-state index >= 15 is 0 Å². The van der Waals surface area contributed by atoms with Crippen LogP contribution < -0.4 is 0 Å². The molecule has 0 N–H and O–H groups in total. The van der Waals surface area contributed by atoms with Crippen LogP contribution in [0.2, 0.25) is 0 Å². The van der Waals surface area contributed by atoms with Crippen LogP contribution in [0.3, 0.4) is 0 Å². The molecular weight excluding hydrogens is 352 g/mol. The standard InChI is InChI=1S/C24H18O4/c1-14-15(7-5-10-16(14)24(27)28-2)13-21(25)20-12-6-11-18-17-8-3-4-9-19(17)23(26)22(18)20/h3-12H,13H2,1-2H3. The number of carbonyl (C=O) groups is 3. The zero-order chi connectivity index (χ0) is 19.8. The Balaban J connectivity index is 1.73. The Labute approximate surface area is 162 Å². The van der Waals surface area contributed by atoms with Crippen LogP contribution in [0, 0.1) is 6.92 Å². The lowest BCUT2D eigenvalue weighted by molar-refractivity contribution is 0.0599. The van der Waals surface area contributed by atoms with Crippen molar-refractivity contribution in [1.82, 2.24) is 0 Å². The average molecular weight is 370 g/mol. The average Bonchev–Trinajstić information content (AvgIpc) is 3.02. The molecule has 0 fully saturated rings. The molecule has 138 valence electrons. The largest absolute Gasteiger partial charge is 0.465 e. The number of Topliss-reactive ketones (excluding diaryl/α,β-unsaturated/α-hetero) is 1. The molecule has 0 radical (unpaired) electrons. The van der Waals surface area contributed by atoms with Crippen molar-refractivity contribution < 1.29 is 19.1 Å². The minimum absolute atomic E-state index is 0.108. The molecule has 4 rings (SSSR count). The molecule has 1 aliphatic carbocycles. The number of ether oxygens (including phenoxy) is 1. The third-order valence-electron chi connectivity index (χ3n) is 5.26. The molecule has 4 heteroatoms.